The highest BCUT2D eigenvalue weighted by Crippen LogP contribution is 2.25. The van der Waals surface area contributed by atoms with Crippen molar-refractivity contribution in [1.29, 1.82) is 0 Å². The number of aromatic nitrogens is 3. The van der Waals surface area contributed by atoms with E-state index in [1.807, 2.05) is 30.2 Å². The standard InChI is InChI=1S/C15H23N5O/c1-3-5-16-9-12-10-21-8-7-20(12)15-14-13(4-6-17-15)19(2)11-18-14/h4,6,11-12,16H,3,5,7-10H2,1-2H3. The second-order valence-electron chi connectivity index (χ2n) is 5.48. The zero-order valence-corrected chi connectivity index (χ0v) is 12.7. The lowest BCUT2D eigenvalue weighted by atomic mass is 10.2. The predicted molar refractivity (Wildman–Crippen MR) is 83.6 cm³/mol. The molecule has 2 aromatic heterocycles. The number of nitrogens with zero attached hydrogens (tertiary/aromatic N) is 4. The molecule has 0 amide bonds. The Kier molecular flexibility index (Phi) is 4.36. The largest absolute Gasteiger partial charge is 0.377 e. The predicted octanol–water partition coefficient (Wildman–Crippen LogP) is 1.17. The van der Waals surface area contributed by atoms with Crippen LogP contribution in [0.4, 0.5) is 5.82 Å². The van der Waals surface area contributed by atoms with Crippen LogP contribution in [0.1, 0.15) is 13.3 Å². The fourth-order valence-corrected chi connectivity index (χ4v) is 2.81. The summed E-state index contributed by atoms with van der Waals surface area (Å²) in [4.78, 5) is 11.4. The average molecular weight is 289 g/mol. The Balaban J connectivity index is 1.87. The monoisotopic (exact) mass is 289 g/mol. The van der Waals surface area contributed by atoms with E-state index in [4.69, 9.17) is 4.74 Å². The molecule has 1 N–H and O–H groups in total. The number of hydrogen-bond donors (Lipinski definition) is 1. The van der Waals surface area contributed by atoms with Crippen molar-refractivity contribution >= 4 is 16.9 Å². The molecule has 1 fully saturated rings. The lowest BCUT2D eigenvalue weighted by Crippen LogP contribution is -2.51. The van der Waals surface area contributed by atoms with Crippen molar-refractivity contribution in [3.8, 4) is 0 Å². The third-order valence-corrected chi connectivity index (χ3v) is 3.93. The van der Waals surface area contributed by atoms with Gasteiger partial charge in [-0.2, -0.15) is 0 Å². The van der Waals surface area contributed by atoms with Crippen molar-refractivity contribution in [2.45, 2.75) is 19.4 Å². The summed E-state index contributed by atoms with van der Waals surface area (Å²) in [7, 11) is 2.01. The molecule has 114 valence electrons. The van der Waals surface area contributed by atoms with E-state index in [-0.39, 0.29) is 0 Å². The number of ether oxygens (including phenoxy) is 1. The molecule has 3 heterocycles. The molecule has 3 rings (SSSR count). The van der Waals surface area contributed by atoms with Crippen molar-refractivity contribution in [2.24, 2.45) is 7.05 Å². The van der Waals surface area contributed by atoms with Gasteiger partial charge in [0.25, 0.3) is 0 Å². The quantitative estimate of drug-likeness (QED) is 0.838. The molecule has 1 aliphatic rings. The van der Waals surface area contributed by atoms with Crippen molar-refractivity contribution in [2.75, 3.05) is 37.7 Å². The van der Waals surface area contributed by atoms with Crippen LogP contribution in [0.2, 0.25) is 0 Å². The molecule has 6 heteroatoms. The summed E-state index contributed by atoms with van der Waals surface area (Å²) in [6, 6.07) is 2.32. The van der Waals surface area contributed by atoms with Crippen LogP contribution >= 0.6 is 0 Å². The van der Waals surface area contributed by atoms with Crippen LogP contribution in [0.5, 0.6) is 0 Å². The highest BCUT2D eigenvalue weighted by Gasteiger charge is 2.26. The van der Waals surface area contributed by atoms with Crippen LogP contribution in [0.3, 0.4) is 0 Å². The summed E-state index contributed by atoms with van der Waals surface area (Å²) < 4.78 is 7.68. The van der Waals surface area contributed by atoms with E-state index in [2.05, 4.69) is 27.1 Å². The van der Waals surface area contributed by atoms with Crippen LogP contribution < -0.4 is 10.2 Å². The first-order valence-corrected chi connectivity index (χ1v) is 7.62. The maximum absolute atomic E-state index is 5.65. The molecule has 1 saturated heterocycles. The first kappa shape index (κ1) is 14.3. The van der Waals surface area contributed by atoms with Gasteiger partial charge in [-0.3, -0.25) is 0 Å². The summed E-state index contributed by atoms with van der Waals surface area (Å²) >= 11 is 0. The van der Waals surface area contributed by atoms with Crippen molar-refractivity contribution in [1.82, 2.24) is 19.9 Å². The Morgan fingerprint density at radius 3 is 3.19 bits per heavy atom. The number of imidazole rings is 1. The third-order valence-electron chi connectivity index (χ3n) is 3.93. The number of pyridine rings is 1. The first-order valence-electron chi connectivity index (χ1n) is 7.62. The second kappa shape index (κ2) is 6.41. The Bertz CT molecular complexity index is 597. The van der Waals surface area contributed by atoms with E-state index < -0.39 is 0 Å². The van der Waals surface area contributed by atoms with E-state index in [1.54, 1.807) is 0 Å². The lowest BCUT2D eigenvalue weighted by molar-refractivity contribution is 0.0935. The van der Waals surface area contributed by atoms with E-state index in [0.29, 0.717) is 6.04 Å². The number of aryl methyl sites for hydroxylation is 1. The van der Waals surface area contributed by atoms with Crippen LogP contribution in [0.15, 0.2) is 18.6 Å². The maximum Gasteiger partial charge on any atom is 0.157 e. The number of morpholine rings is 1. The van der Waals surface area contributed by atoms with Crippen molar-refractivity contribution in [3.63, 3.8) is 0 Å². The van der Waals surface area contributed by atoms with Gasteiger partial charge in [0.15, 0.2) is 5.82 Å². The summed E-state index contributed by atoms with van der Waals surface area (Å²) in [6.45, 7) is 6.47. The van der Waals surface area contributed by atoms with Crippen LogP contribution in [0, 0.1) is 0 Å². The Hall–Kier alpha value is -1.66. The van der Waals surface area contributed by atoms with Crippen LogP contribution in [-0.2, 0) is 11.8 Å². The minimum Gasteiger partial charge on any atom is -0.377 e. The highest BCUT2D eigenvalue weighted by atomic mass is 16.5. The fraction of sp³-hybridized carbons (Fsp3) is 0.600. The van der Waals surface area contributed by atoms with Gasteiger partial charge >= 0.3 is 0 Å². The Labute approximate surface area is 125 Å². The van der Waals surface area contributed by atoms with E-state index >= 15 is 0 Å². The maximum atomic E-state index is 5.65. The number of rotatable bonds is 5. The minimum absolute atomic E-state index is 0.311. The Morgan fingerprint density at radius 2 is 2.33 bits per heavy atom. The van der Waals surface area contributed by atoms with E-state index in [9.17, 15) is 0 Å². The number of hydrogen-bond acceptors (Lipinski definition) is 5. The van der Waals surface area contributed by atoms with Gasteiger partial charge in [-0.15, -0.1) is 0 Å². The molecule has 0 bridgehead atoms. The summed E-state index contributed by atoms with van der Waals surface area (Å²) in [5.74, 6) is 0.972. The summed E-state index contributed by atoms with van der Waals surface area (Å²) in [5.41, 5.74) is 2.09. The topological polar surface area (TPSA) is 55.2 Å². The Morgan fingerprint density at radius 1 is 1.43 bits per heavy atom. The van der Waals surface area contributed by atoms with Crippen LogP contribution in [0.25, 0.3) is 11.0 Å². The van der Waals surface area contributed by atoms with Gasteiger partial charge < -0.3 is 19.5 Å². The zero-order chi connectivity index (χ0) is 14.7. The second-order valence-corrected chi connectivity index (χ2v) is 5.48. The minimum atomic E-state index is 0.311. The molecule has 6 nitrogen and oxygen atoms in total. The SMILES string of the molecule is CCCNCC1COCCN1c1nccc2c1ncn2C. The number of nitrogens with one attached hydrogen (secondary N) is 1. The highest BCUT2D eigenvalue weighted by molar-refractivity contribution is 5.86. The van der Waals surface area contributed by atoms with Crippen molar-refractivity contribution < 1.29 is 4.74 Å². The molecular formula is C15H23N5O. The molecule has 21 heavy (non-hydrogen) atoms. The molecule has 0 saturated carbocycles. The normalized spacial score (nSPS) is 19.3. The third kappa shape index (κ3) is 2.87. The first-order chi connectivity index (χ1) is 10.3. The van der Waals surface area contributed by atoms with Gasteiger partial charge in [0, 0.05) is 26.3 Å². The molecular weight excluding hydrogens is 266 g/mol. The van der Waals surface area contributed by atoms with Gasteiger partial charge in [0.1, 0.15) is 5.52 Å². The number of fused-ring (bicyclic) bond motifs is 1. The molecule has 1 aliphatic heterocycles. The van der Waals surface area contributed by atoms with Crippen LogP contribution in [-0.4, -0.2) is 53.4 Å². The molecule has 1 unspecified atom stereocenters. The average Bonchev–Trinajstić information content (AvgIpc) is 2.90. The lowest BCUT2D eigenvalue weighted by Gasteiger charge is -2.36. The number of anilines is 1. The van der Waals surface area contributed by atoms with E-state index in [1.165, 1.54) is 0 Å². The van der Waals surface area contributed by atoms with Crippen molar-refractivity contribution in [3.05, 3.63) is 18.6 Å². The molecule has 0 radical (unpaired) electrons. The fourth-order valence-electron chi connectivity index (χ4n) is 2.81. The molecule has 0 aliphatic carbocycles. The van der Waals surface area contributed by atoms with Gasteiger partial charge in [-0.1, -0.05) is 6.92 Å². The molecule has 0 aromatic carbocycles. The van der Waals surface area contributed by atoms with Gasteiger partial charge in [0.05, 0.1) is 31.1 Å². The summed E-state index contributed by atoms with van der Waals surface area (Å²) in [5, 5.41) is 3.48. The molecule has 2 aromatic rings. The zero-order valence-electron chi connectivity index (χ0n) is 12.7. The van der Waals surface area contributed by atoms with E-state index in [0.717, 1.165) is 56.1 Å². The smallest absolute Gasteiger partial charge is 0.157 e. The van der Waals surface area contributed by atoms with Gasteiger partial charge in [-0.25, -0.2) is 9.97 Å². The summed E-state index contributed by atoms with van der Waals surface area (Å²) in [6.07, 6.45) is 4.85. The van der Waals surface area contributed by atoms with Gasteiger partial charge in [-0.05, 0) is 19.0 Å². The molecule has 1 atom stereocenters. The van der Waals surface area contributed by atoms with Gasteiger partial charge in [0.2, 0.25) is 0 Å². The molecule has 0 spiro atoms.